The fourth-order valence-corrected chi connectivity index (χ4v) is 11.9. The quantitative estimate of drug-likeness (QED) is 0.174. The first-order valence-corrected chi connectivity index (χ1v) is 23.9. The van der Waals surface area contributed by atoms with E-state index in [0.29, 0.717) is 46.1 Å². The van der Waals surface area contributed by atoms with Crippen LogP contribution in [0.3, 0.4) is 0 Å². The minimum atomic E-state index is 0.132. The zero-order valence-electron chi connectivity index (χ0n) is 38.6. The predicted molar refractivity (Wildman–Crippen MR) is 291 cm³/mol. The molecule has 9 heteroatoms. The van der Waals surface area contributed by atoms with Gasteiger partial charge in [0.15, 0.2) is 0 Å². The smallest absolute Gasteiger partial charge is 0.145 e. The third-order valence-corrected chi connectivity index (χ3v) is 14.8. The van der Waals surface area contributed by atoms with Gasteiger partial charge in [-0.15, -0.1) is 0 Å². The molecule has 0 fully saturated rings. The molecule has 9 aromatic carbocycles. The van der Waals surface area contributed by atoms with Gasteiger partial charge in [-0.3, -0.25) is 0 Å². The van der Waals surface area contributed by atoms with Gasteiger partial charge in [0.1, 0.15) is 69.6 Å². The average molecular weight is 935 g/mol. The maximum absolute atomic E-state index is 12.1. The van der Waals surface area contributed by atoms with Crippen LogP contribution in [-0.4, -0.2) is 20.3 Å². The largest absolute Gasteiger partial charge is 0.488 e. The minimum Gasteiger partial charge on any atom is -0.488 e. The molecule has 14 aromatic rings. The molecule has 0 aliphatic carbocycles. The number of benzene rings is 9. The molecule has 73 heavy (non-hydrogen) atoms. The maximum Gasteiger partial charge on any atom is 0.145 e. The van der Waals surface area contributed by atoms with Crippen molar-refractivity contribution in [2.24, 2.45) is 0 Å². The summed E-state index contributed by atoms with van der Waals surface area (Å²) >= 11 is 0. The van der Waals surface area contributed by atoms with Gasteiger partial charge in [0.05, 0.1) is 66.3 Å². The van der Waals surface area contributed by atoms with Crippen LogP contribution in [0.1, 0.15) is 22.3 Å². The Hall–Kier alpha value is -10.5. The van der Waals surface area contributed by atoms with Crippen LogP contribution in [0.4, 0.5) is 0 Å². The van der Waals surface area contributed by atoms with Crippen LogP contribution >= 0.6 is 0 Å². The van der Waals surface area contributed by atoms with E-state index in [2.05, 4.69) is 61.2 Å². The molecule has 1 aliphatic heterocycles. The van der Waals surface area contributed by atoms with Crippen molar-refractivity contribution in [1.82, 2.24) is 13.7 Å². The highest BCUT2D eigenvalue weighted by molar-refractivity contribution is 6.26. The number of para-hydroxylation sites is 5. The zero-order valence-corrected chi connectivity index (χ0v) is 38.6. The second-order valence-corrected chi connectivity index (χ2v) is 18.4. The lowest BCUT2D eigenvalue weighted by Crippen LogP contribution is -2.14. The highest BCUT2D eigenvalue weighted by atomic mass is 16.5. The summed E-state index contributed by atoms with van der Waals surface area (Å²) in [6, 6.07) is 60.1. The summed E-state index contributed by atoms with van der Waals surface area (Å²) in [6.07, 6.45) is 7.81. The Kier molecular flexibility index (Phi) is 8.29. The second kappa shape index (κ2) is 15.0. The number of rotatable bonds is 3. The number of fused-ring (bicyclic) bond motifs is 19. The molecule has 338 valence electrons. The molecule has 0 bridgehead atoms. The molecule has 0 atom stereocenters. The van der Waals surface area contributed by atoms with Crippen molar-refractivity contribution in [3.63, 3.8) is 0 Å². The summed E-state index contributed by atoms with van der Waals surface area (Å²) in [4.78, 5) is 0. The molecule has 0 amide bonds. The predicted octanol–water partition coefficient (Wildman–Crippen LogP) is 15.9. The van der Waals surface area contributed by atoms with Crippen molar-refractivity contribution in [1.29, 1.82) is 15.8 Å². The van der Waals surface area contributed by atoms with Crippen LogP contribution in [0.5, 0.6) is 5.75 Å². The van der Waals surface area contributed by atoms with Crippen LogP contribution < -0.4 is 4.74 Å². The van der Waals surface area contributed by atoms with Crippen LogP contribution in [0.25, 0.3) is 132 Å². The third kappa shape index (κ3) is 5.30. The Morgan fingerprint density at radius 3 is 1.30 bits per heavy atom. The summed E-state index contributed by atoms with van der Waals surface area (Å²) in [6.45, 7) is 4.73. The van der Waals surface area contributed by atoms with Gasteiger partial charge in [0.25, 0.3) is 0 Å². The normalized spacial score (nSPS) is 13.7. The van der Waals surface area contributed by atoms with Gasteiger partial charge in [-0.05, 0) is 78.4 Å². The number of aromatic nitrogens is 3. The molecule has 15 rings (SSSR count). The van der Waals surface area contributed by atoms with E-state index in [-0.39, 0.29) is 16.7 Å². The van der Waals surface area contributed by atoms with Crippen molar-refractivity contribution in [3.05, 3.63) is 211 Å². The topological polar surface area (TPSA) is 122 Å². The maximum atomic E-state index is 12.1. The highest BCUT2D eigenvalue weighted by Crippen LogP contribution is 2.49. The Morgan fingerprint density at radius 1 is 0.411 bits per heavy atom. The van der Waals surface area contributed by atoms with E-state index in [1.165, 1.54) is 0 Å². The van der Waals surface area contributed by atoms with E-state index in [0.717, 1.165) is 104 Å². The summed E-state index contributed by atoms with van der Waals surface area (Å²) < 4.78 is 26.2. The number of hydrogen-bond acceptors (Lipinski definition) is 6. The second-order valence-electron chi connectivity index (χ2n) is 18.4. The molecule has 0 radical (unpaired) electrons. The number of ether oxygens (including phenoxy) is 1. The van der Waals surface area contributed by atoms with E-state index in [4.69, 9.17) is 13.6 Å². The molecular formula is C64H34N6O3. The summed E-state index contributed by atoms with van der Waals surface area (Å²) in [5.74, 6) is 0.634. The van der Waals surface area contributed by atoms with Crippen molar-refractivity contribution in [3.8, 4) is 41.0 Å². The Morgan fingerprint density at radius 2 is 0.822 bits per heavy atom. The fourth-order valence-electron chi connectivity index (χ4n) is 11.9. The van der Waals surface area contributed by atoms with Gasteiger partial charge in [0.2, 0.25) is 0 Å². The molecule has 0 unspecified atom stereocenters. The SMILES string of the molecule is C=C1/C=C\C=C/COc2c1ccc1c2c2ccccc2n1-c1c(C#N)c(-n2c3ccccc3c3c4oc5ccccc5c4ccc32)c(C#N)c(-n2c3ccccc3c3c4oc5ccccc5c4ccc32)c1C#N. The van der Waals surface area contributed by atoms with E-state index in [1.807, 2.05) is 159 Å². The van der Waals surface area contributed by atoms with Gasteiger partial charge < -0.3 is 27.3 Å². The van der Waals surface area contributed by atoms with Crippen molar-refractivity contribution in [2.75, 3.05) is 6.61 Å². The van der Waals surface area contributed by atoms with Gasteiger partial charge in [-0.2, -0.15) is 15.8 Å². The molecule has 0 saturated heterocycles. The number of allylic oxidation sites excluding steroid dienone is 4. The molecule has 0 N–H and O–H groups in total. The Bertz CT molecular complexity index is 4820. The van der Waals surface area contributed by atoms with Crippen molar-refractivity contribution < 1.29 is 13.6 Å². The standard InChI is InChI=1S/C64H34N6O3/c1-36-15-3-2-14-32-71-62-37(36)26-29-51-56(62)42-18-4-9-21-48(42)68(51)59-45(33-65)60(69-49-22-10-5-19-43(49)57-52(69)30-27-40-38-16-7-12-24-54(38)72-63(40)57)47(35-67)61(46(59)34-66)70-50-23-11-6-20-44(50)58-53(70)31-28-41-39-17-8-13-25-55(39)73-64(41)58/h2-31H,1,32H2/b14-2-,15-3-. The number of nitriles is 3. The average Bonchev–Trinajstić information content (AvgIpc) is 4.30. The van der Waals surface area contributed by atoms with E-state index in [1.54, 1.807) is 0 Å². The summed E-state index contributed by atoms with van der Waals surface area (Å²) in [5, 5.41) is 45.2. The lowest BCUT2D eigenvalue weighted by molar-refractivity contribution is 0.366. The summed E-state index contributed by atoms with van der Waals surface area (Å²) in [5.41, 5.74) is 10.2. The number of nitrogens with zero attached hydrogens (tertiary/aromatic N) is 6. The van der Waals surface area contributed by atoms with Crippen LogP contribution in [-0.2, 0) is 0 Å². The summed E-state index contributed by atoms with van der Waals surface area (Å²) in [7, 11) is 0. The fraction of sp³-hybridized carbons (Fsp3) is 0.0156. The lowest BCUT2D eigenvalue weighted by atomic mass is 9.96. The van der Waals surface area contributed by atoms with Crippen molar-refractivity contribution in [2.45, 2.75) is 0 Å². The molecule has 6 heterocycles. The Labute approximate surface area is 414 Å². The molecule has 5 aromatic heterocycles. The highest BCUT2D eigenvalue weighted by Gasteiger charge is 2.34. The van der Waals surface area contributed by atoms with Crippen LogP contribution in [0, 0.1) is 34.0 Å². The van der Waals surface area contributed by atoms with Crippen molar-refractivity contribution >= 4 is 115 Å². The Balaban J connectivity index is 1.18. The molecule has 0 spiro atoms. The molecule has 9 nitrogen and oxygen atoms in total. The molecular weight excluding hydrogens is 901 g/mol. The van der Waals surface area contributed by atoms with Crippen LogP contribution in [0.15, 0.2) is 197 Å². The molecule has 1 aliphatic rings. The zero-order chi connectivity index (χ0) is 48.6. The minimum absolute atomic E-state index is 0.132. The monoisotopic (exact) mass is 934 g/mol. The van der Waals surface area contributed by atoms with Gasteiger partial charge in [0, 0.05) is 43.3 Å². The lowest BCUT2D eigenvalue weighted by Gasteiger charge is -2.23. The third-order valence-electron chi connectivity index (χ3n) is 14.8. The van der Waals surface area contributed by atoms with Gasteiger partial charge in [-0.25, -0.2) is 0 Å². The molecule has 0 saturated carbocycles. The van der Waals surface area contributed by atoms with Gasteiger partial charge in [-0.1, -0.05) is 116 Å². The van der Waals surface area contributed by atoms with Gasteiger partial charge >= 0.3 is 0 Å². The first-order chi connectivity index (χ1) is 36.1. The van der Waals surface area contributed by atoms with E-state index in [9.17, 15) is 15.8 Å². The first-order valence-electron chi connectivity index (χ1n) is 23.9. The van der Waals surface area contributed by atoms with Crippen LogP contribution in [0.2, 0.25) is 0 Å². The van der Waals surface area contributed by atoms with E-state index >= 15 is 0 Å². The first kappa shape index (κ1) is 40.4. The number of hydrogen-bond donors (Lipinski definition) is 0. The number of furan rings is 2. The van der Waals surface area contributed by atoms with E-state index < -0.39 is 0 Å².